The molecule has 106 valence electrons. The maximum absolute atomic E-state index is 4.72. The molecule has 4 nitrogen and oxygen atoms in total. The van der Waals surface area contributed by atoms with Crippen molar-refractivity contribution in [1.82, 2.24) is 15.5 Å². The van der Waals surface area contributed by atoms with Crippen molar-refractivity contribution >= 4 is 5.96 Å². The Morgan fingerprint density at radius 2 is 2.11 bits per heavy atom. The van der Waals surface area contributed by atoms with Crippen LogP contribution in [0.1, 0.15) is 34.1 Å². The van der Waals surface area contributed by atoms with Gasteiger partial charge in [0, 0.05) is 25.7 Å². The Labute approximate surface area is 112 Å². The van der Waals surface area contributed by atoms with Crippen molar-refractivity contribution in [2.45, 2.75) is 40.2 Å². The number of likely N-dealkylation sites (tertiary alicyclic amines) is 1. The van der Waals surface area contributed by atoms with E-state index in [0.29, 0.717) is 12.0 Å². The lowest BCUT2D eigenvalue weighted by molar-refractivity contribution is 0.397. The van der Waals surface area contributed by atoms with Crippen LogP contribution < -0.4 is 10.6 Å². The van der Waals surface area contributed by atoms with E-state index in [9.17, 15) is 0 Å². The molecule has 1 fully saturated rings. The minimum Gasteiger partial charge on any atom is -0.357 e. The molecule has 1 saturated heterocycles. The molecule has 0 saturated carbocycles. The van der Waals surface area contributed by atoms with Crippen LogP contribution in [-0.2, 0) is 0 Å². The molecule has 0 aromatic rings. The van der Waals surface area contributed by atoms with Crippen LogP contribution in [0.25, 0.3) is 0 Å². The highest BCUT2D eigenvalue weighted by Gasteiger charge is 2.19. The third kappa shape index (κ3) is 5.25. The second-order valence-electron chi connectivity index (χ2n) is 5.81. The lowest BCUT2D eigenvalue weighted by Gasteiger charge is -2.21. The predicted octanol–water partition coefficient (Wildman–Crippen LogP) is 1.54. The Morgan fingerprint density at radius 3 is 2.61 bits per heavy atom. The molecule has 0 aromatic carbocycles. The average Bonchev–Trinajstić information content (AvgIpc) is 2.72. The van der Waals surface area contributed by atoms with Gasteiger partial charge in [0.2, 0.25) is 0 Å². The van der Waals surface area contributed by atoms with Gasteiger partial charge in [-0.3, -0.25) is 4.99 Å². The third-order valence-corrected chi connectivity index (χ3v) is 3.71. The highest BCUT2D eigenvalue weighted by Crippen LogP contribution is 2.14. The average molecular weight is 254 g/mol. The SMILES string of the molecule is CCNC(=NCC1CCN(C)C1)NC(C)C(C)C. The van der Waals surface area contributed by atoms with Crippen molar-refractivity contribution in [2.24, 2.45) is 16.8 Å². The first-order valence-electron chi connectivity index (χ1n) is 7.26. The van der Waals surface area contributed by atoms with Gasteiger partial charge >= 0.3 is 0 Å². The van der Waals surface area contributed by atoms with Crippen LogP contribution >= 0.6 is 0 Å². The zero-order chi connectivity index (χ0) is 13.5. The maximum atomic E-state index is 4.72. The van der Waals surface area contributed by atoms with Gasteiger partial charge in [0.1, 0.15) is 0 Å². The van der Waals surface area contributed by atoms with E-state index in [-0.39, 0.29) is 0 Å². The van der Waals surface area contributed by atoms with E-state index in [1.54, 1.807) is 0 Å². The molecule has 4 heteroatoms. The minimum atomic E-state index is 0.453. The van der Waals surface area contributed by atoms with E-state index in [4.69, 9.17) is 4.99 Å². The number of nitrogens with zero attached hydrogens (tertiary/aromatic N) is 2. The maximum Gasteiger partial charge on any atom is 0.191 e. The monoisotopic (exact) mass is 254 g/mol. The van der Waals surface area contributed by atoms with E-state index in [1.807, 2.05) is 0 Å². The molecule has 0 radical (unpaired) electrons. The molecule has 18 heavy (non-hydrogen) atoms. The molecule has 1 aliphatic rings. The Hall–Kier alpha value is -0.770. The van der Waals surface area contributed by atoms with Gasteiger partial charge in [0.25, 0.3) is 0 Å². The second-order valence-corrected chi connectivity index (χ2v) is 5.81. The van der Waals surface area contributed by atoms with Gasteiger partial charge in [0.05, 0.1) is 0 Å². The van der Waals surface area contributed by atoms with Gasteiger partial charge in [-0.15, -0.1) is 0 Å². The van der Waals surface area contributed by atoms with Gasteiger partial charge in [-0.2, -0.15) is 0 Å². The summed E-state index contributed by atoms with van der Waals surface area (Å²) in [6, 6.07) is 0.453. The molecule has 0 spiro atoms. The van der Waals surface area contributed by atoms with Crippen LogP contribution in [0.2, 0.25) is 0 Å². The van der Waals surface area contributed by atoms with E-state index >= 15 is 0 Å². The molecular formula is C14H30N4. The van der Waals surface area contributed by atoms with E-state index in [2.05, 4.69) is 50.3 Å². The normalized spacial score (nSPS) is 23.4. The van der Waals surface area contributed by atoms with E-state index < -0.39 is 0 Å². The molecule has 2 unspecified atom stereocenters. The summed E-state index contributed by atoms with van der Waals surface area (Å²) < 4.78 is 0. The summed E-state index contributed by atoms with van der Waals surface area (Å²) in [5.41, 5.74) is 0. The number of hydrogen-bond donors (Lipinski definition) is 2. The first-order valence-corrected chi connectivity index (χ1v) is 7.26. The number of nitrogens with one attached hydrogen (secondary N) is 2. The smallest absolute Gasteiger partial charge is 0.191 e. The summed E-state index contributed by atoms with van der Waals surface area (Å²) in [4.78, 5) is 7.11. The van der Waals surface area contributed by atoms with Gasteiger partial charge < -0.3 is 15.5 Å². The quantitative estimate of drug-likeness (QED) is 0.577. The molecule has 2 atom stereocenters. The second kappa shape index (κ2) is 7.62. The number of aliphatic imine (C=N–C) groups is 1. The number of rotatable bonds is 5. The zero-order valence-corrected chi connectivity index (χ0v) is 12.7. The molecule has 0 aliphatic carbocycles. The molecule has 0 amide bonds. The van der Waals surface area contributed by atoms with Crippen LogP contribution in [0.5, 0.6) is 0 Å². The Morgan fingerprint density at radius 1 is 1.39 bits per heavy atom. The van der Waals surface area contributed by atoms with Crippen molar-refractivity contribution in [3.05, 3.63) is 0 Å². The van der Waals surface area contributed by atoms with Crippen LogP contribution in [0.3, 0.4) is 0 Å². The van der Waals surface area contributed by atoms with Crippen molar-refractivity contribution < 1.29 is 0 Å². The first kappa shape index (κ1) is 15.3. The predicted molar refractivity (Wildman–Crippen MR) is 79.0 cm³/mol. The zero-order valence-electron chi connectivity index (χ0n) is 12.7. The summed E-state index contributed by atoms with van der Waals surface area (Å²) in [6.07, 6.45) is 1.28. The summed E-state index contributed by atoms with van der Waals surface area (Å²) >= 11 is 0. The summed E-state index contributed by atoms with van der Waals surface area (Å²) in [5.74, 6) is 2.31. The fourth-order valence-corrected chi connectivity index (χ4v) is 2.10. The van der Waals surface area contributed by atoms with Gasteiger partial charge in [-0.05, 0) is 45.7 Å². The lowest BCUT2D eigenvalue weighted by Crippen LogP contribution is -2.44. The highest BCUT2D eigenvalue weighted by molar-refractivity contribution is 5.80. The fourth-order valence-electron chi connectivity index (χ4n) is 2.10. The molecule has 1 aliphatic heterocycles. The Balaban J connectivity index is 2.44. The Bertz CT molecular complexity index is 263. The van der Waals surface area contributed by atoms with Crippen molar-refractivity contribution in [3.63, 3.8) is 0 Å². The molecule has 0 bridgehead atoms. The summed E-state index contributed by atoms with van der Waals surface area (Å²) in [6.45, 7) is 13.0. The lowest BCUT2D eigenvalue weighted by atomic mass is 10.1. The topological polar surface area (TPSA) is 39.7 Å². The molecular weight excluding hydrogens is 224 g/mol. The summed E-state index contributed by atoms with van der Waals surface area (Å²) in [5, 5.41) is 6.81. The highest BCUT2D eigenvalue weighted by atomic mass is 15.2. The van der Waals surface area contributed by atoms with E-state index in [1.165, 1.54) is 19.5 Å². The fraction of sp³-hybridized carbons (Fsp3) is 0.929. The number of guanidine groups is 1. The van der Waals surface area contributed by atoms with Crippen LogP contribution in [0.4, 0.5) is 0 Å². The molecule has 1 rings (SSSR count). The van der Waals surface area contributed by atoms with E-state index in [0.717, 1.165) is 25.0 Å². The standard InChI is InChI=1S/C14H30N4/c1-6-15-14(17-12(4)11(2)3)16-9-13-7-8-18(5)10-13/h11-13H,6-10H2,1-5H3,(H2,15,16,17). The summed E-state index contributed by atoms with van der Waals surface area (Å²) in [7, 11) is 2.19. The molecule has 2 N–H and O–H groups in total. The largest absolute Gasteiger partial charge is 0.357 e. The van der Waals surface area contributed by atoms with Gasteiger partial charge in [0.15, 0.2) is 5.96 Å². The first-order chi connectivity index (χ1) is 8.52. The molecule has 1 heterocycles. The van der Waals surface area contributed by atoms with Gasteiger partial charge in [-0.1, -0.05) is 13.8 Å². The molecule has 0 aromatic heterocycles. The minimum absolute atomic E-state index is 0.453. The van der Waals surface area contributed by atoms with Gasteiger partial charge in [-0.25, -0.2) is 0 Å². The van der Waals surface area contributed by atoms with Crippen molar-refractivity contribution in [1.29, 1.82) is 0 Å². The number of hydrogen-bond acceptors (Lipinski definition) is 2. The third-order valence-electron chi connectivity index (χ3n) is 3.71. The Kier molecular flexibility index (Phi) is 6.47. The van der Waals surface area contributed by atoms with Crippen molar-refractivity contribution in [3.8, 4) is 0 Å². The van der Waals surface area contributed by atoms with Crippen molar-refractivity contribution in [2.75, 3.05) is 33.2 Å². The van der Waals surface area contributed by atoms with Crippen LogP contribution in [0.15, 0.2) is 4.99 Å². The van der Waals surface area contributed by atoms with Crippen LogP contribution in [0, 0.1) is 11.8 Å². The van der Waals surface area contributed by atoms with Crippen LogP contribution in [-0.4, -0.2) is 50.1 Å².